The van der Waals surface area contributed by atoms with Crippen molar-refractivity contribution < 1.29 is 9.53 Å². The second-order valence-electron chi connectivity index (χ2n) is 5.98. The van der Waals surface area contributed by atoms with Crippen LogP contribution in [0.3, 0.4) is 0 Å². The van der Waals surface area contributed by atoms with Gasteiger partial charge in [-0.2, -0.15) is 0 Å². The van der Waals surface area contributed by atoms with Crippen LogP contribution in [0.4, 0.5) is 5.13 Å². The van der Waals surface area contributed by atoms with Crippen molar-refractivity contribution in [1.82, 2.24) is 15.5 Å². The van der Waals surface area contributed by atoms with Gasteiger partial charge < -0.3 is 15.8 Å². The third kappa shape index (κ3) is 2.76. The van der Waals surface area contributed by atoms with Gasteiger partial charge in [0.25, 0.3) is 5.91 Å². The van der Waals surface area contributed by atoms with E-state index in [1.807, 2.05) is 32.9 Å². The van der Waals surface area contributed by atoms with Gasteiger partial charge in [0.2, 0.25) is 5.13 Å². The summed E-state index contributed by atoms with van der Waals surface area (Å²) in [6.07, 6.45) is 0.987. The molecule has 0 radical (unpaired) electrons. The van der Waals surface area contributed by atoms with Gasteiger partial charge in [0.15, 0.2) is 0 Å². The summed E-state index contributed by atoms with van der Waals surface area (Å²) in [5.41, 5.74) is 6.66. The molecule has 1 aliphatic heterocycles. The maximum absolute atomic E-state index is 12.5. The van der Waals surface area contributed by atoms with Gasteiger partial charge in [0, 0.05) is 12.0 Å². The molecule has 0 aliphatic carbocycles. The molecule has 22 heavy (non-hydrogen) atoms. The Morgan fingerprint density at radius 1 is 1.45 bits per heavy atom. The first-order valence-electron chi connectivity index (χ1n) is 7.07. The van der Waals surface area contributed by atoms with Crippen molar-refractivity contribution in [3.63, 3.8) is 0 Å². The number of hydrogen-bond acceptors (Lipinski definition) is 6. The predicted molar refractivity (Wildman–Crippen MR) is 85.0 cm³/mol. The number of amides is 1. The fourth-order valence-corrected chi connectivity index (χ4v) is 3.13. The molecule has 2 heterocycles. The number of rotatable bonds is 3. The predicted octanol–water partition coefficient (Wildman–Crippen LogP) is 2.11. The van der Waals surface area contributed by atoms with Crippen LogP contribution in [0.25, 0.3) is 0 Å². The van der Waals surface area contributed by atoms with E-state index in [2.05, 4.69) is 15.5 Å². The summed E-state index contributed by atoms with van der Waals surface area (Å²) in [5.74, 6) is 0.710. The third-order valence-corrected chi connectivity index (χ3v) is 4.64. The van der Waals surface area contributed by atoms with Gasteiger partial charge in [0.1, 0.15) is 16.9 Å². The van der Waals surface area contributed by atoms with E-state index in [0.29, 0.717) is 15.7 Å². The molecule has 0 bridgehead atoms. The lowest BCUT2D eigenvalue weighted by molar-refractivity contribution is 0.0911. The van der Waals surface area contributed by atoms with E-state index in [9.17, 15) is 4.79 Å². The van der Waals surface area contributed by atoms with Crippen molar-refractivity contribution in [2.24, 2.45) is 0 Å². The van der Waals surface area contributed by atoms with Crippen LogP contribution < -0.4 is 15.8 Å². The van der Waals surface area contributed by atoms with Gasteiger partial charge in [-0.1, -0.05) is 11.3 Å². The van der Waals surface area contributed by atoms with E-state index in [-0.39, 0.29) is 12.0 Å². The largest absolute Gasteiger partial charge is 0.490 e. The molecule has 1 aliphatic rings. The van der Waals surface area contributed by atoms with Crippen LogP contribution >= 0.6 is 11.3 Å². The van der Waals surface area contributed by atoms with Crippen LogP contribution in [0.15, 0.2) is 18.2 Å². The van der Waals surface area contributed by atoms with Crippen molar-refractivity contribution in [3.05, 3.63) is 34.3 Å². The van der Waals surface area contributed by atoms with E-state index in [1.165, 1.54) is 11.3 Å². The summed E-state index contributed by atoms with van der Waals surface area (Å²) < 4.78 is 5.65. The zero-order chi connectivity index (χ0) is 15.9. The Labute approximate surface area is 132 Å². The lowest BCUT2D eigenvalue weighted by Gasteiger charge is -2.23. The number of nitrogens with zero attached hydrogens (tertiary/aromatic N) is 2. The third-order valence-electron chi connectivity index (χ3n) is 3.56. The molecule has 7 heteroatoms. The molecule has 116 valence electrons. The van der Waals surface area contributed by atoms with E-state index in [4.69, 9.17) is 10.5 Å². The Balaban J connectivity index is 1.79. The number of benzene rings is 1. The van der Waals surface area contributed by atoms with Crippen molar-refractivity contribution in [1.29, 1.82) is 0 Å². The molecular formula is C15H18N4O2S. The topological polar surface area (TPSA) is 90.1 Å². The highest BCUT2D eigenvalue weighted by molar-refractivity contribution is 7.15. The van der Waals surface area contributed by atoms with E-state index < -0.39 is 5.54 Å². The van der Waals surface area contributed by atoms with Crippen LogP contribution in [0.5, 0.6) is 5.75 Å². The van der Waals surface area contributed by atoms with Gasteiger partial charge in [-0.05, 0) is 44.5 Å². The van der Waals surface area contributed by atoms with Gasteiger partial charge in [-0.3, -0.25) is 4.79 Å². The first kappa shape index (κ1) is 14.8. The van der Waals surface area contributed by atoms with Gasteiger partial charge in [-0.15, -0.1) is 10.2 Å². The number of carbonyl (C=O) groups excluding carboxylic acids is 1. The highest BCUT2D eigenvalue weighted by atomic mass is 32.1. The Morgan fingerprint density at radius 2 is 2.23 bits per heavy atom. The molecule has 6 nitrogen and oxygen atoms in total. The number of nitrogen functional groups attached to an aromatic ring is 1. The first-order chi connectivity index (χ1) is 10.3. The maximum atomic E-state index is 12.5. The Bertz CT molecular complexity index is 726. The van der Waals surface area contributed by atoms with Crippen LogP contribution in [0, 0.1) is 0 Å². The number of anilines is 1. The number of ether oxygens (including phenoxy) is 1. The zero-order valence-corrected chi connectivity index (χ0v) is 13.5. The summed E-state index contributed by atoms with van der Waals surface area (Å²) in [6.45, 7) is 5.77. The molecule has 3 rings (SSSR count). The lowest BCUT2D eigenvalue weighted by atomic mass is 10.0. The summed E-state index contributed by atoms with van der Waals surface area (Å²) in [4.78, 5) is 12.5. The number of aromatic nitrogens is 2. The summed E-state index contributed by atoms with van der Waals surface area (Å²) in [6, 6.07) is 5.51. The Hall–Kier alpha value is -2.15. The lowest BCUT2D eigenvalue weighted by Crippen LogP contribution is -2.41. The fourth-order valence-electron chi connectivity index (χ4n) is 2.46. The molecular weight excluding hydrogens is 300 g/mol. The van der Waals surface area contributed by atoms with Gasteiger partial charge in [0.05, 0.1) is 5.54 Å². The Kier molecular flexibility index (Phi) is 3.52. The Morgan fingerprint density at radius 3 is 2.91 bits per heavy atom. The monoisotopic (exact) mass is 318 g/mol. The molecule has 1 amide bonds. The van der Waals surface area contributed by atoms with Crippen molar-refractivity contribution in [2.45, 2.75) is 38.8 Å². The molecule has 0 fully saturated rings. The van der Waals surface area contributed by atoms with Crippen LogP contribution in [-0.4, -0.2) is 22.2 Å². The zero-order valence-electron chi connectivity index (χ0n) is 12.7. The van der Waals surface area contributed by atoms with Gasteiger partial charge >= 0.3 is 0 Å². The van der Waals surface area contributed by atoms with Crippen molar-refractivity contribution in [3.8, 4) is 5.75 Å². The maximum Gasteiger partial charge on any atom is 0.252 e. The second-order valence-corrected chi connectivity index (χ2v) is 6.99. The number of nitrogens with two attached hydrogens (primary N) is 1. The highest BCUT2D eigenvalue weighted by Gasteiger charge is 2.28. The molecule has 0 saturated heterocycles. The van der Waals surface area contributed by atoms with Crippen LogP contribution in [0.2, 0.25) is 0 Å². The average Bonchev–Trinajstić information content (AvgIpc) is 3.02. The van der Waals surface area contributed by atoms with E-state index in [1.54, 1.807) is 6.07 Å². The molecule has 1 aromatic carbocycles. The minimum atomic E-state index is -0.630. The normalized spacial score (nSPS) is 17.0. The SMILES string of the molecule is CC1Cc2cc(C(=O)NC(C)(C)c3nnc(N)s3)ccc2O1. The number of nitrogens with one attached hydrogen (secondary N) is 1. The molecule has 0 saturated carbocycles. The van der Waals surface area contributed by atoms with Crippen molar-refractivity contribution >= 4 is 22.4 Å². The molecule has 3 N–H and O–H groups in total. The van der Waals surface area contributed by atoms with Crippen LogP contribution in [0.1, 0.15) is 41.7 Å². The standard InChI is InChI=1S/C15H18N4O2S/c1-8-6-10-7-9(4-5-11(10)21-8)12(20)17-15(2,3)13-18-19-14(16)22-13/h4-5,7-8H,6H2,1-3H3,(H2,16,19)(H,17,20). The van der Waals surface area contributed by atoms with Gasteiger partial charge in [-0.25, -0.2) is 0 Å². The first-order valence-corrected chi connectivity index (χ1v) is 7.88. The minimum Gasteiger partial charge on any atom is -0.490 e. The molecule has 0 spiro atoms. The van der Waals surface area contributed by atoms with Crippen LogP contribution in [-0.2, 0) is 12.0 Å². The number of hydrogen-bond donors (Lipinski definition) is 2. The summed E-state index contributed by atoms with van der Waals surface area (Å²) >= 11 is 1.27. The quantitative estimate of drug-likeness (QED) is 0.904. The minimum absolute atomic E-state index is 0.152. The molecule has 2 aromatic rings. The summed E-state index contributed by atoms with van der Waals surface area (Å²) in [7, 11) is 0. The fraction of sp³-hybridized carbons (Fsp3) is 0.400. The second kappa shape index (κ2) is 5.24. The number of fused-ring (bicyclic) bond motifs is 1. The smallest absolute Gasteiger partial charge is 0.252 e. The summed E-state index contributed by atoms with van der Waals surface area (Å²) in [5, 5.41) is 11.9. The average molecular weight is 318 g/mol. The molecule has 1 unspecified atom stereocenters. The number of carbonyl (C=O) groups is 1. The molecule has 1 atom stereocenters. The highest BCUT2D eigenvalue weighted by Crippen LogP contribution is 2.30. The van der Waals surface area contributed by atoms with Crippen molar-refractivity contribution in [2.75, 3.05) is 5.73 Å². The molecule has 1 aromatic heterocycles. The van der Waals surface area contributed by atoms with E-state index in [0.717, 1.165) is 17.7 Å². The van der Waals surface area contributed by atoms with E-state index >= 15 is 0 Å².